The van der Waals surface area contributed by atoms with E-state index in [1.165, 1.54) is 7.11 Å². The van der Waals surface area contributed by atoms with E-state index in [0.717, 1.165) is 6.42 Å². The van der Waals surface area contributed by atoms with Gasteiger partial charge in [-0.2, -0.15) is 0 Å². The first-order valence-corrected chi connectivity index (χ1v) is 6.86. The van der Waals surface area contributed by atoms with Gasteiger partial charge in [0.1, 0.15) is 11.7 Å². The second kappa shape index (κ2) is 6.03. The third-order valence-corrected chi connectivity index (χ3v) is 3.77. The first-order valence-electron chi connectivity index (χ1n) is 6.86. The molecule has 0 bridgehead atoms. The van der Waals surface area contributed by atoms with Gasteiger partial charge in [0, 0.05) is 12.2 Å². The average Bonchev–Trinajstić information content (AvgIpc) is 2.46. The van der Waals surface area contributed by atoms with Crippen LogP contribution < -0.4 is 0 Å². The molecule has 0 spiro atoms. The van der Waals surface area contributed by atoms with Crippen LogP contribution in [0.25, 0.3) is 0 Å². The number of methoxy groups -OCH3 is 1. The molecule has 2 rings (SSSR count). The molecule has 0 saturated carbocycles. The van der Waals surface area contributed by atoms with Crippen molar-refractivity contribution in [3.05, 3.63) is 30.1 Å². The molecule has 2 heterocycles. The van der Waals surface area contributed by atoms with E-state index < -0.39 is 6.04 Å². The third kappa shape index (κ3) is 2.81. The summed E-state index contributed by atoms with van der Waals surface area (Å²) < 4.78 is 4.85. The highest BCUT2D eigenvalue weighted by Crippen LogP contribution is 2.29. The van der Waals surface area contributed by atoms with Gasteiger partial charge in [0.05, 0.1) is 7.11 Å². The number of esters is 1. The number of carbonyl (C=O) groups is 2. The Morgan fingerprint density at radius 3 is 2.65 bits per heavy atom. The van der Waals surface area contributed by atoms with E-state index in [1.54, 1.807) is 29.3 Å². The van der Waals surface area contributed by atoms with E-state index in [-0.39, 0.29) is 17.9 Å². The minimum Gasteiger partial charge on any atom is -0.467 e. The van der Waals surface area contributed by atoms with Crippen LogP contribution in [0.2, 0.25) is 0 Å². The van der Waals surface area contributed by atoms with Gasteiger partial charge in [0.15, 0.2) is 0 Å². The molecule has 0 aromatic carbocycles. The van der Waals surface area contributed by atoms with E-state index in [0.29, 0.717) is 18.0 Å². The molecule has 5 heteroatoms. The van der Waals surface area contributed by atoms with Crippen LogP contribution in [0.3, 0.4) is 0 Å². The first-order chi connectivity index (χ1) is 9.54. The zero-order chi connectivity index (χ0) is 14.7. The zero-order valence-electron chi connectivity index (χ0n) is 12.1. The fraction of sp³-hybridized carbons (Fsp3) is 0.533. The second-order valence-electron chi connectivity index (χ2n) is 5.39. The number of hydrogen-bond acceptors (Lipinski definition) is 4. The summed E-state index contributed by atoms with van der Waals surface area (Å²) in [5, 5.41) is 0. The molecular formula is C15H20N2O3. The van der Waals surface area contributed by atoms with Gasteiger partial charge in [-0.1, -0.05) is 13.0 Å². The van der Waals surface area contributed by atoms with Gasteiger partial charge in [-0.3, -0.25) is 9.78 Å². The molecule has 0 radical (unpaired) electrons. The standard InChI is InChI=1S/C15H20N2O3/c1-10-8-11(2)17(13(9-10)15(19)20-3)14(18)12-6-4-5-7-16-12/h4-7,10-11,13H,8-9H2,1-3H3/t10-,11+,13?/m0/s1. The topological polar surface area (TPSA) is 59.5 Å². The molecule has 1 unspecified atom stereocenters. The number of rotatable bonds is 2. The number of pyridine rings is 1. The minimum absolute atomic E-state index is 0.00245. The lowest BCUT2D eigenvalue weighted by molar-refractivity contribution is -0.149. The fourth-order valence-corrected chi connectivity index (χ4v) is 2.90. The van der Waals surface area contributed by atoms with Crippen molar-refractivity contribution in [1.29, 1.82) is 0 Å². The molecule has 1 aliphatic heterocycles. The Balaban J connectivity index is 2.29. The average molecular weight is 276 g/mol. The Labute approximate surface area is 118 Å². The molecule has 20 heavy (non-hydrogen) atoms. The van der Waals surface area contributed by atoms with Crippen molar-refractivity contribution in [2.24, 2.45) is 5.92 Å². The Bertz CT molecular complexity index is 489. The second-order valence-corrected chi connectivity index (χ2v) is 5.39. The quantitative estimate of drug-likeness (QED) is 0.774. The maximum absolute atomic E-state index is 12.6. The van der Waals surface area contributed by atoms with Crippen molar-refractivity contribution in [2.75, 3.05) is 7.11 Å². The summed E-state index contributed by atoms with van der Waals surface area (Å²) >= 11 is 0. The molecule has 1 aromatic heterocycles. The molecular weight excluding hydrogens is 256 g/mol. The van der Waals surface area contributed by atoms with Crippen molar-refractivity contribution in [1.82, 2.24) is 9.88 Å². The SMILES string of the molecule is COC(=O)C1C[C@@H](C)C[C@@H](C)N1C(=O)c1ccccn1. The first kappa shape index (κ1) is 14.5. The molecule has 1 aromatic rings. The number of carbonyl (C=O) groups excluding carboxylic acids is 2. The maximum Gasteiger partial charge on any atom is 0.328 e. The molecule has 1 fully saturated rings. The smallest absolute Gasteiger partial charge is 0.328 e. The van der Waals surface area contributed by atoms with Gasteiger partial charge >= 0.3 is 5.97 Å². The lowest BCUT2D eigenvalue weighted by Gasteiger charge is -2.41. The van der Waals surface area contributed by atoms with Crippen molar-refractivity contribution in [3.63, 3.8) is 0 Å². The van der Waals surface area contributed by atoms with Crippen LogP contribution in [-0.4, -0.2) is 41.0 Å². The van der Waals surface area contributed by atoms with Crippen LogP contribution in [0.5, 0.6) is 0 Å². The molecule has 108 valence electrons. The van der Waals surface area contributed by atoms with E-state index in [9.17, 15) is 9.59 Å². The highest BCUT2D eigenvalue weighted by Gasteiger charge is 2.40. The van der Waals surface area contributed by atoms with E-state index in [4.69, 9.17) is 4.74 Å². The van der Waals surface area contributed by atoms with Crippen molar-refractivity contribution in [3.8, 4) is 0 Å². The van der Waals surface area contributed by atoms with Crippen molar-refractivity contribution < 1.29 is 14.3 Å². The lowest BCUT2D eigenvalue weighted by Crippen LogP contribution is -2.54. The number of piperidine rings is 1. The minimum atomic E-state index is -0.520. The van der Waals surface area contributed by atoms with Gasteiger partial charge in [0.25, 0.3) is 5.91 Å². The predicted octanol–water partition coefficient (Wildman–Crippen LogP) is 1.88. The highest BCUT2D eigenvalue weighted by atomic mass is 16.5. The van der Waals surface area contributed by atoms with Gasteiger partial charge in [-0.15, -0.1) is 0 Å². The number of hydrogen-bond donors (Lipinski definition) is 0. The summed E-state index contributed by atoms with van der Waals surface area (Å²) in [6.45, 7) is 4.06. The summed E-state index contributed by atoms with van der Waals surface area (Å²) in [7, 11) is 1.36. The summed E-state index contributed by atoms with van der Waals surface area (Å²) in [5.74, 6) is -0.171. The van der Waals surface area contributed by atoms with Gasteiger partial charge in [-0.05, 0) is 37.8 Å². The monoisotopic (exact) mass is 276 g/mol. The van der Waals surface area contributed by atoms with E-state index >= 15 is 0 Å². The highest BCUT2D eigenvalue weighted by molar-refractivity contribution is 5.95. The third-order valence-electron chi connectivity index (χ3n) is 3.77. The summed E-state index contributed by atoms with van der Waals surface area (Å²) in [5.41, 5.74) is 0.364. The molecule has 1 amide bonds. The Hall–Kier alpha value is -1.91. The molecule has 0 aliphatic carbocycles. The number of aromatic nitrogens is 1. The number of ether oxygens (including phenoxy) is 1. The Morgan fingerprint density at radius 1 is 1.30 bits per heavy atom. The molecule has 1 saturated heterocycles. The van der Waals surface area contributed by atoms with Crippen molar-refractivity contribution >= 4 is 11.9 Å². The van der Waals surface area contributed by atoms with Crippen LogP contribution in [0, 0.1) is 5.92 Å². The Kier molecular flexibility index (Phi) is 4.37. The summed E-state index contributed by atoms with van der Waals surface area (Å²) in [6, 6.07) is 4.67. The van der Waals surface area contributed by atoms with E-state index in [2.05, 4.69) is 11.9 Å². The predicted molar refractivity (Wildman–Crippen MR) is 74.1 cm³/mol. The number of amides is 1. The summed E-state index contributed by atoms with van der Waals surface area (Å²) in [6.07, 6.45) is 3.10. The molecule has 0 N–H and O–H groups in total. The van der Waals surface area contributed by atoms with Crippen molar-refractivity contribution in [2.45, 2.75) is 38.8 Å². The lowest BCUT2D eigenvalue weighted by atomic mass is 9.87. The van der Waals surface area contributed by atoms with Gasteiger partial charge < -0.3 is 9.64 Å². The van der Waals surface area contributed by atoms with Crippen LogP contribution in [0.15, 0.2) is 24.4 Å². The van der Waals surface area contributed by atoms with Crippen LogP contribution in [0.4, 0.5) is 0 Å². The summed E-state index contributed by atoms with van der Waals surface area (Å²) in [4.78, 5) is 30.3. The number of likely N-dealkylation sites (tertiary alicyclic amines) is 1. The van der Waals surface area contributed by atoms with Crippen LogP contribution in [0.1, 0.15) is 37.2 Å². The normalized spacial score (nSPS) is 26.1. The molecule has 3 atom stereocenters. The van der Waals surface area contributed by atoms with E-state index in [1.807, 2.05) is 6.92 Å². The van der Waals surface area contributed by atoms with Crippen LogP contribution >= 0.6 is 0 Å². The zero-order valence-corrected chi connectivity index (χ0v) is 12.1. The van der Waals surface area contributed by atoms with Crippen LogP contribution in [-0.2, 0) is 9.53 Å². The maximum atomic E-state index is 12.6. The Morgan fingerprint density at radius 2 is 2.05 bits per heavy atom. The van der Waals surface area contributed by atoms with Gasteiger partial charge in [0.2, 0.25) is 0 Å². The largest absolute Gasteiger partial charge is 0.467 e. The fourth-order valence-electron chi connectivity index (χ4n) is 2.90. The molecule has 5 nitrogen and oxygen atoms in total. The van der Waals surface area contributed by atoms with Gasteiger partial charge in [-0.25, -0.2) is 4.79 Å². The molecule has 1 aliphatic rings. The number of nitrogens with zero attached hydrogens (tertiary/aromatic N) is 2.